The molecule has 0 unspecified atom stereocenters. The summed E-state index contributed by atoms with van der Waals surface area (Å²) in [7, 11) is 0. The van der Waals surface area contributed by atoms with Crippen molar-refractivity contribution in [2.45, 2.75) is 90.1 Å². The predicted molar refractivity (Wildman–Crippen MR) is 122 cm³/mol. The van der Waals surface area contributed by atoms with Crippen LogP contribution in [-0.2, 0) is 22.2 Å². The number of aliphatic carboxylic acids is 1. The number of hydrogen-bond donors (Lipinski definition) is 1. The molecule has 0 heterocycles. The molecule has 0 spiro atoms. The molecule has 0 aromatic heterocycles. The third-order valence-electron chi connectivity index (χ3n) is 6.73. The number of carbonyl (C=O) groups is 1. The first-order chi connectivity index (χ1) is 14.1. The minimum atomic E-state index is -0.743. The summed E-state index contributed by atoms with van der Waals surface area (Å²) in [6.45, 7) is 12.0. The van der Waals surface area contributed by atoms with Crippen LogP contribution in [0.2, 0.25) is 0 Å². The maximum Gasteiger partial charge on any atom is 0.303 e. The standard InChI is InChI=1S/C27H36O3/c1-6-7-21(17-25(28)29)20-9-11-22(12-10-20)30-18-19-8-13-23-24(16-19)27(4,5)15-14-26(23,2)3/h8-13,16,21H,6-7,14-15,17-18H2,1-5H3,(H,28,29)/t21-/m1/s1. The Kier molecular flexibility index (Phi) is 6.59. The maximum atomic E-state index is 11.1. The number of carboxylic acids is 1. The second-order valence-electron chi connectivity index (χ2n) is 10.1. The number of ether oxygens (including phenoxy) is 1. The molecule has 1 atom stereocenters. The van der Waals surface area contributed by atoms with E-state index in [0.717, 1.165) is 24.2 Å². The Bertz CT molecular complexity index is 877. The summed E-state index contributed by atoms with van der Waals surface area (Å²) in [6, 6.07) is 14.8. The van der Waals surface area contributed by atoms with Crippen molar-refractivity contribution in [3.05, 3.63) is 64.7 Å². The Morgan fingerprint density at radius 2 is 1.63 bits per heavy atom. The number of rotatable bonds is 8. The number of hydrogen-bond acceptors (Lipinski definition) is 2. The molecule has 0 bridgehead atoms. The summed E-state index contributed by atoms with van der Waals surface area (Å²) in [6.07, 6.45) is 4.45. The average Bonchev–Trinajstić information content (AvgIpc) is 2.70. The van der Waals surface area contributed by atoms with E-state index in [1.54, 1.807) is 0 Å². The van der Waals surface area contributed by atoms with Gasteiger partial charge in [-0.05, 0) is 70.4 Å². The lowest BCUT2D eigenvalue weighted by molar-refractivity contribution is -0.137. The smallest absolute Gasteiger partial charge is 0.303 e. The zero-order chi connectivity index (χ0) is 21.9. The van der Waals surface area contributed by atoms with Gasteiger partial charge in [-0.25, -0.2) is 0 Å². The highest BCUT2D eigenvalue weighted by atomic mass is 16.5. The van der Waals surface area contributed by atoms with Gasteiger partial charge in [-0.15, -0.1) is 0 Å². The highest BCUT2D eigenvalue weighted by molar-refractivity contribution is 5.68. The molecule has 3 heteroatoms. The Morgan fingerprint density at radius 3 is 2.23 bits per heavy atom. The van der Waals surface area contributed by atoms with Gasteiger partial charge in [0.05, 0.1) is 6.42 Å². The van der Waals surface area contributed by atoms with Gasteiger partial charge in [-0.2, -0.15) is 0 Å². The van der Waals surface area contributed by atoms with Gasteiger partial charge in [-0.3, -0.25) is 4.79 Å². The minimum absolute atomic E-state index is 0.0628. The molecule has 0 saturated heterocycles. The Hall–Kier alpha value is -2.29. The Balaban J connectivity index is 1.71. The zero-order valence-corrected chi connectivity index (χ0v) is 19.1. The molecule has 0 radical (unpaired) electrons. The highest BCUT2D eigenvalue weighted by Crippen LogP contribution is 2.45. The third kappa shape index (κ3) is 5.06. The summed E-state index contributed by atoms with van der Waals surface area (Å²) >= 11 is 0. The normalized spacial score (nSPS) is 17.8. The average molecular weight is 409 g/mol. The number of carboxylic acid groups (broad SMARTS) is 1. The van der Waals surface area contributed by atoms with Crippen LogP contribution in [0.3, 0.4) is 0 Å². The molecular weight excluding hydrogens is 372 g/mol. The van der Waals surface area contributed by atoms with E-state index in [-0.39, 0.29) is 23.2 Å². The van der Waals surface area contributed by atoms with Crippen LogP contribution < -0.4 is 4.74 Å². The summed E-state index contributed by atoms with van der Waals surface area (Å²) in [4.78, 5) is 11.1. The van der Waals surface area contributed by atoms with Crippen molar-refractivity contribution in [1.29, 1.82) is 0 Å². The summed E-state index contributed by atoms with van der Waals surface area (Å²) in [5, 5.41) is 9.17. The second-order valence-corrected chi connectivity index (χ2v) is 10.1. The van der Waals surface area contributed by atoms with Crippen molar-refractivity contribution in [2.24, 2.45) is 0 Å². The molecule has 1 aliphatic rings. The van der Waals surface area contributed by atoms with Crippen LogP contribution in [0.1, 0.15) is 94.9 Å². The van der Waals surface area contributed by atoms with Gasteiger partial charge < -0.3 is 9.84 Å². The lowest BCUT2D eigenvalue weighted by atomic mass is 9.63. The van der Waals surface area contributed by atoms with Crippen LogP contribution in [-0.4, -0.2) is 11.1 Å². The van der Waals surface area contributed by atoms with Crippen LogP contribution in [0.25, 0.3) is 0 Å². The first-order valence-electron chi connectivity index (χ1n) is 11.2. The molecular formula is C27H36O3. The quantitative estimate of drug-likeness (QED) is 0.513. The van der Waals surface area contributed by atoms with E-state index in [9.17, 15) is 4.79 Å². The van der Waals surface area contributed by atoms with E-state index in [1.165, 1.54) is 29.5 Å². The first kappa shape index (κ1) is 22.4. The molecule has 0 saturated carbocycles. The molecule has 1 N–H and O–H groups in total. The predicted octanol–water partition coefficient (Wildman–Crippen LogP) is 6.97. The summed E-state index contributed by atoms with van der Waals surface area (Å²) in [5.74, 6) is 0.140. The second kappa shape index (κ2) is 8.83. The topological polar surface area (TPSA) is 46.5 Å². The lowest BCUT2D eigenvalue weighted by Gasteiger charge is -2.42. The van der Waals surface area contributed by atoms with Crippen LogP contribution in [0.4, 0.5) is 0 Å². The molecule has 2 aromatic carbocycles. The van der Waals surface area contributed by atoms with Crippen LogP contribution in [0.5, 0.6) is 5.75 Å². The molecule has 3 rings (SSSR count). The Morgan fingerprint density at radius 1 is 1.00 bits per heavy atom. The van der Waals surface area contributed by atoms with Crippen molar-refractivity contribution in [2.75, 3.05) is 0 Å². The lowest BCUT2D eigenvalue weighted by Crippen LogP contribution is -2.33. The van der Waals surface area contributed by atoms with Crippen molar-refractivity contribution < 1.29 is 14.6 Å². The molecule has 0 aliphatic heterocycles. The SMILES string of the molecule is CCC[C@H](CC(=O)O)c1ccc(OCc2ccc3c(c2)C(C)(C)CCC3(C)C)cc1. The van der Waals surface area contributed by atoms with Gasteiger partial charge in [-0.1, -0.05) is 71.4 Å². The fourth-order valence-corrected chi connectivity index (χ4v) is 4.67. The van der Waals surface area contributed by atoms with Gasteiger partial charge in [0.25, 0.3) is 0 Å². The monoisotopic (exact) mass is 408 g/mol. The van der Waals surface area contributed by atoms with Crippen LogP contribution in [0.15, 0.2) is 42.5 Å². The van der Waals surface area contributed by atoms with Gasteiger partial charge in [0, 0.05) is 0 Å². The molecule has 3 nitrogen and oxygen atoms in total. The number of fused-ring (bicyclic) bond motifs is 1. The Labute approximate surface area is 181 Å². The van der Waals surface area contributed by atoms with Crippen molar-refractivity contribution in [3.63, 3.8) is 0 Å². The fraction of sp³-hybridized carbons (Fsp3) is 0.519. The van der Waals surface area contributed by atoms with Gasteiger partial charge >= 0.3 is 5.97 Å². The van der Waals surface area contributed by atoms with E-state index in [4.69, 9.17) is 9.84 Å². The fourth-order valence-electron chi connectivity index (χ4n) is 4.67. The van der Waals surface area contributed by atoms with E-state index < -0.39 is 5.97 Å². The molecule has 30 heavy (non-hydrogen) atoms. The van der Waals surface area contributed by atoms with Gasteiger partial charge in [0.2, 0.25) is 0 Å². The maximum absolute atomic E-state index is 11.1. The van der Waals surface area contributed by atoms with E-state index in [0.29, 0.717) is 6.61 Å². The molecule has 2 aromatic rings. The van der Waals surface area contributed by atoms with Crippen LogP contribution in [0, 0.1) is 0 Å². The van der Waals surface area contributed by atoms with Gasteiger partial charge in [0.1, 0.15) is 12.4 Å². The van der Waals surface area contributed by atoms with Crippen molar-refractivity contribution in [3.8, 4) is 5.75 Å². The third-order valence-corrected chi connectivity index (χ3v) is 6.73. The molecule has 1 aliphatic carbocycles. The van der Waals surface area contributed by atoms with E-state index in [1.807, 2.05) is 24.3 Å². The number of benzene rings is 2. The van der Waals surface area contributed by atoms with Gasteiger partial charge in [0.15, 0.2) is 0 Å². The largest absolute Gasteiger partial charge is 0.489 e. The van der Waals surface area contributed by atoms with E-state index in [2.05, 4.69) is 52.8 Å². The van der Waals surface area contributed by atoms with E-state index >= 15 is 0 Å². The summed E-state index contributed by atoms with van der Waals surface area (Å²) < 4.78 is 6.06. The zero-order valence-electron chi connectivity index (χ0n) is 19.1. The molecule has 0 fully saturated rings. The van der Waals surface area contributed by atoms with Crippen molar-refractivity contribution >= 4 is 5.97 Å². The van der Waals surface area contributed by atoms with Crippen molar-refractivity contribution in [1.82, 2.24) is 0 Å². The van der Waals surface area contributed by atoms with Crippen LogP contribution >= 0.6 is 0 Å². The molecule has 0 amide bonds. The minimum Gasteiger partial charge on any atom is -0.489 e. The summed E-state index contributed by atoms with van der Waals surface area (Å²) in [5.41, 5.74) is 5.60. The first-order valence-corrected chi connectivity index (χ1v) is 11.2. The molecule has 162 valence electrons. The highest BCUT2D eigenvalue weighted by Gasteiger charge is 2.36.